The first kappa shape index (κ1) is 15.8. The largest absolute Gasteiger partial charge is 0.495 e. The average molecular weight is 345 g/mol. The van der Waals surface area contributed by atoms with Gasteiger partial charge in [0.2, 0.25) is 0 Å². The number of methoxy groups -OCH3 is 1. The van der Waals surface area contributed by atoms with E-state index in [1.54, 1.807) is 67.0 Å². The second kappa shape index (κ2) is 6.33. The highest BCUT2D eigenvalue weighted by Crippen LogP contribution is 2.36. The van der Waals surface area contributed by atoms with Crippen LogP contribution in [0.2, 0.25) is 0 Å². The van der Waals surface area contributed by atoms with Crippen molar-refractivity contribution in [3.63, 3.8) is 0 Å². The fraction of sp³-hybridized carbons (Fsp3) is 0.0500. The number of ether oxygens (including phenoxy) is 1. The lowest BCUT2D eigenvalue weighted by atomic mass is 9.92. The molecule has 2 heterocycles. The molecular weight excluding hydrogens is 330 g/mol. The maximum Gasteiger partial charge on any atom is 0.266 e. The molecule has 0 aliphatic carbocycles. The zero-order valence-electron chi connectivity index (χ0n) is 14.0. The van der Waals surface area contributed by atoms with Crippen LogP contribution in [0.15, 0.2) is 60.9 Å². The first-order valence-corrected chi connectivity index (χ1v) is 8.03. The number of hydrogen-bond donors (Lipinski definition) is 1. The zero-order chi connectivity index (χ0) is 18.1. The Hall–Kier alpha value is -3.67. The van der Waals surface area contributed by atoms with Gasteiger partial charge < -0.3 is 9.72 Å². The van der Waals surface area contributed by atoms with Crippen molar-refractivity contribution in [3.8, 4) is 5.75 Å². The molecule has 0 spiro atoms. The molecular formula is C20H15N3O3. The van der Waals surface area contributed by atoms with Crippen LogP contribution in [-0.4, -0.2) is 28.9 Å². The van der Waals surface area contributed by atoms with E-state index in [4.69, 9.17) is 4.74 Å². The maximum absolute atomic E-state index is 13.2. The first-order valence-electron chi connectivity index (χ1n) is 8.03. The molecule has 0 fully saturated rings. The van der Waals surface area contributed by atoms with E-state index >= 15 is 0 Å². The van der Waals surface area contributed by atoms with Gasteiger partial charge in [-0.15, -0.1) is 0 Å². The molecule has 1 aliphatic rings. The van der Waals surface area contributed by atoms with Crippen molar-refractivity contribution in [3.05, 3.63) is 77.9 Å². The first-order chi connectivity index (χ1) is 12.7. The summed E-state index contributed by atoms with van der Waals surface area (Å²) in [6, 6.07) is 14.0. The molecule has 1 aromatic heterocycles. The van der Waals surface area contributed by atoms with Crippen LogP contribution in [0.4, 0.5) is 5.69 Å². The highest BCUT2D eigenvalue weighted by atomic mass is 16.5. The van der Waals surface area contributed by atoms with E-state index in [0.29, 0.717) is 34.0 Å². The zero-order valence-corrected chi connectivity index (χ0v) is 14.0. The van der Waals surface area contributed by atoms with Gasteiger partial charge in [-0.2, -0.15) is 0 Å². The van der Waals surface area contributed by atoms with Crippen LogP contribution in [0.5, 0.6) is 5.75 Å². The van der Waals surface area contributed by atoms with Crippen molar-refractivity contribution in [2.45, 2.75) is 0 Å². The Balaban J connectivity index is 1.93. The van der Waals surface area contributed by atoms with Gasteiger partial charge in [-0.05, 0) is 24.3 Å². The Labute approximate surface area is 149 Å². The minimum Gasteiger partial charge on any atom is -0.495 e. The van der Waals surface area contributed by atoms with Crippen LogP contribution in [-0.2, 0) is 4.79 Å². The smallest absolute Gasteiger partial charge is 0.266 e. The van der Waals surface area contributed by atoms with Crippen LogP contribution in [0.1, 0.15) is 21.7 Å². The van der Waals surface area contributed by atoms with E-state index in [-0.39, 0.29) is 5.91 Å². The number of benzene rings is 2. The Kier molecular flexibility index (Phi) is 3.85. The van der Waals surface area contributed by atoms with Crippen LogP contribution in [0, 0.1) is 0 Å². The average Bonchev–Trinajstić information content (AvgIpc) is 3.19. The number of imide groups is 1. The number of rotatable bonds is 3. The minimum atomic E-state index is -0.422. The molecule has 0 saturated heterocycles. The third-order valence-corrected chi connectivity index (χ3v) is 4.21. The summed E-state index contributed by atoms with van der Waals surface area (Å²) < 4.78 is 5.34. The summed E-state index contributed by atoms with van der Waals surface area (Å²) in [5, 5.41) is 0. The number of H-pyrrole nitrogens is 1. The number of carbonyl (C=O) groups is 2. The highest BCUT2D eigenvalue weighted by Gasteiger charge is 2.37. The summed E-state index contributed by atoms with van der Waals surface area (Å²) >= 11 is 0. The summed E-state index contributed by atoms with van der Waals surface area (Å²) in [4.78, 5) is 34.5. The Morgan fingerprint density at radius 2 is 1.73 bits per heavy atom. The van der Waals surface area contributed by atoms with Gasteiger partial charge in [-0.1, -0.05) is 30.3 Å². The third-order valence-electron chi connectivity index (χ3n) is 4.21. The Morgan fingerprint density at radius 1 is 1.00 bits per heavy atom. The van der Waals surface area contributed by atoms with Crippen LogP contribution in [0.25, 0.3) is 11.6 Å². The number of fused-ring (bicyclic) bond motifs is 1. The van der Waals surface area contributed by atoms with Crippen molar-refractivity contribution >= 4 is 29.2 Å². The minimum absolute atomic E-state index is 0.383. The summed E-state index contributed by atoms with van der Waals surface area (Å²) in [5.74, 6) is 0.185. The number of carbonyl (C=O) groups excluding carboxylic acids is 2. The van der Waals surface area contributed by atoms with E-state index in [2.05, 4.69) is 9.97 Å². The summed E-state index contributed by atoms with van der Waals surface area (Å²) in [6.07, 6.45) is 4.93. The Morgan fingerprint density at radius 3 is 2.46 bits per heavy atom. The molecule has 1 aliphatic heterocycles. The van der Waals surface area contributed by atoms with Gasteiger partial charge in [0.15, 0.2) is 0 Å². The van der Waals surface area contributed by atoms with Crippen molar-refractivity contribution in [1.82, 2.24) is 9.97 Å². The predicted molar refractivity (Wildman–Crippen MR) is 97.7 cm³/mol. The number of aromatic amines is 1. The predicted octanol–water partition coefficient (Wildman–Crippen LogP) is 3.15. The number of hydrogen-bond acceptors (Lipinski definition) is 4. The summed E-state index contributed by atoms with van der Waals surface area (Å²) in [7, 11) is 1.51. The summed E-state index contributed by atoms with van der Waals surface area (Å²) in [5.41, 5.74) is 1.84. The molecule has 6 heteroatoms. The van der Waals surface area contributed by atoms with Gasteiger partial charge in [0, 0.05) is 23.5 Å². The molecule has 2 aromatic carbocycles. The number of aromatic nitrogens is 2. The molecule has 3 aromatic rings. The topological polar surface area (TPSA) is 75.3 Å². The van der Waals surface area contributed by atoms with Crippen LogP contribution < -0.4 is 9.64 Å². The molecule has 0 saturated carbocycles. The lowest BCUT2D eigenvalue weighted by Gasteiger charge is -2.29. The number of imidazole rings is 1. The molecule has 128 valence electrons. The number of amides is 2. The van der Waals surface area contributed by atoms with Crippen molar-refractivity contribution in [2.24, 2.45) is 0 Å². The molecule has 2 amide bonds. The van der Waals surface area contributed by atoms with Crippen molar-refractivity contribution in [2.75, 3.05) is 12.0 Å². The van der Waals surface area contributed by atoms with Gasteiger partial charge in [0.1, 0.15) is 11.6 Å². The van der Waals surface area contributed by atoms with Gasteiger partial charge in [-0.3, -0.25) is 9.59 Å². The van der Waals surface area contributed by atoms with E-state index in [1.165, 1.54) is 7.11 Å². The van der Waals surface area contributed by atoms with Gasteiger partial charge in [0.25, 0.3) is 11.8 Å². The molecule has 6 nitrogen and oxygen atoms in total. The molecule has 0 radical (unpaired) electrons. The number of anilines is 1. The standard InChI is InChI=1S/C20H15N3O3/c1-26-17-9-5-4-8-16(17)23-19(24)14-7-3-2-6-13(14)15(20(23)25)12-18-21-10-11-22-18/h2-12H,1H3,(H,21,22)/b15-12-. The molecule has 4 rings (SSSR count). The van der Waals surface area contributed by atoms with Gasteiger partial charge >= 0.3 is 0 Å². The normalized spacial score (nSPS) is 15.3. The second-order valence-electron chi connectivity index (χ2n) is 5.70. The monoisotopic (exact) mass is 345 g/mol. The van der Waals surface area contributed by atoms with E-state index in [1.807, 2.05) is 0 Å². The molecule has 26 heavy (non-hydrogen) atoms. The lowest BCUT2D eigenvalue weighted by Crippen LogP contribution is -2.42. The second-order valence-corrected chi connectivity index (χ2v) is 5.70. The van der Waals surface area contributed by atoms with Crippen LogP contribution >= 0.6 is 0 Å². The van der Waals surface area contributed by atoms with Crippen molar-refractivity contribution < 1.29 is 14.3 Å². The fourth-order valence-electron chi connectivity index (χ4n) is 3.02. The van der Waals surface area contributed by atoms with Crippen molar-refractivity contribution in [1.29, 1.82) is 0 Å². The quantitative estimate of drug-likeness (QED) is 0.584. The molecule has 1 N–H and O–H groups in total. The van der Waals surface area contributed by atoms with Gasteiger partial charge in [0.05, 0.1) is 18.4 Å². The van der Waals surface area contributed by atoms with E-state index in [0.717, 1.165) is 4.90 Å². The molecule has 0 bridgehead atoms. The molecule has 0 unspecified atom stereocenters. The van der Waals surface area contributed by atoms with E-state index in [9.17, 15) is 9.59 Å². The SMILES string of the molecule is COc1ccccc1N1C(=O)/C(=C\c2ncc[nH]2)c2ccccc2C1=O. The molecule has 0 atom stereocenters. The highest BCUT2D eigenvalue weighted by molar-refractivity contribution is 6.43. The fourth-order valence-corrected chi connectivity index (χ4v) is 3.02. The van der Waals surface area contributed by atoms with E-state index < -0.39 is 5.91 Å². The Bertz CT molecular complexity index is 1020. The third kappa shape index (κ3) is 2.48. The number of para-hydroxylation sites is 2. The van der Waals surface area contributed by atoms with Crippen LogP contribution in [0.3, 0.4) is 0 Å². The van der Waals surface area contributed by atoms with Gasteiger partial charge in [-0.25, -0.2) is 9.88 Å². The lowest BCUT2D eigenvalue weighted by molar-refractivity contribution is -0.112. The maximum atomic E-state index is 13.2. The number of nitrogens with zero attached hydrogens (tertiary/aromatic N) is 2. The summed E-state index contributed by atoms with van der Waals surface area (Å²) in [6.45, 7) is 0. The number of nitrogens with one attached hydrogen (secondary N) is 1.